The minimum absolute atomic E-state index is 0.170. The maximum atomic E-state index is 11.3. The zero-order valence-electron chi connectivity index (χ0n) is 10.0. The lowest BCUT2D eigenvalue weighted by atomic mass is 9.98. The molecule has 0 spiro atoms. The molecule has 1 saturated carbocycles. The summed E-state index contributed by atoms with van der Waals surface area (Å²) >= 11 is 0. The van der Waals surface area contributed by atoms with E-state index in [9.17, 15) is 9.90 Å². The molecule has 1 aliphatic rings. The van der Waals surface area contributed by atoms with Crippen LogP contribution in [0.3, 0.4) is 0 Å². The number of carbonyl (C=O) groups is 1. The Morgan fingerprint density at radius 3 is 2.78 bits per heavy atom. The van der Waals surface area contributed by atoms with Gasteiger partial charge in [0.25, 0.3) is 0 Å². The van der Waals surface area contributed by atoms with E-state index in [1.54, 1.807) is 6.92 Å². The van der Waals surface area contributed by atoms with Crippen LogP contribution in [0.2, 0.25) is 0 Å². The van der Waals surface area contributed by atoms with Crippen molar-refractivity contribution in [2.75, 3.05) is 0 Å². The average molecular weight is 243 g/mol. The monoisotopic (exact) mass is 243 g/mol. The molecule has 0 radical (unpaired) electrons. The molecule has 92 valence electrons. The minimum atomic E-state index is -0.991. The van der Waals surface area contributed by atoms with Crippen molar-refractivity contribution in [3.63, 3.8) is 0 Å². The predicted molar refractivity (Wildman–Crippen MR) is 65.6 cm³/mol. The van der Waals surface area contributed by atoms with Gasteiger partial charge in [0, 0.05) is 5.56 Å². The lowest BCUT2D eigenvalue weighted by molar-refractivity contribution is 0.0696. The molecular formula is C14H13NO3. The van der Waals surface area contributed by atoms with E-state index < -0.39 is 5.97 Å². The number of carboxylic acid groups (broad SMARTS) is 1. The summed E-state index contributed by atoms with van der Waals surface area (Å²) < 4.78 is 5.04. The van der Waals surface area contributed by atoms with E-state index in [2.05, 4.69) is 5.16 Å². The van der Waals surface area contributed by atoms with E-state index >= 15 is 0 Å². The summed E-state index contributed by atoms with van der Waals surface area (Å²) in [7, 11) is 0. The molecular weight excluding hydrogens is 230 g/mol. The highest BCUT2D eigenvalue weighted by Crippen LogP contribution is 2.44. The molecule has 0 saturated heterocycles. The van der Waals surface area contributed by atoms with Crippen LogP contribution in [0.15, 0.2) is 28.8 Å². The van der Waals surface area contributed by atoms with Crippen molar-refractivity contribution in [2.24, 2.45) is 0 Å². The molecule has 0 bridgehead atoms. The second-order valence-corrected chi connectivity index (χ2v) is 4.63. The zero-order valence-corrected chi connectivity index (χ0v) is 10.0. The fraction of sp³-hybridized carbons (Fsp3) is 0.286. The van der Waals surface area contributed by atoms with E-state index in [0.29, 0.717) is 17.4 Å². The van der Waals surface area contributed by atoms with Gasteiger partial charge in [-0.3, -0.25) is 0 Å². The van der Waals surface area contributed by atoms with Gasteiger partial charge in [-0.05, 0) is 31.2 Å². The maximum absolute atomic E-state index is 11.3. The molecule has 0 amide bonds. The van der Waals surface area contributed by atoms with Gasteiger partial charge in [-0.15, -0.1) is 0 Å². The van der Waals surface area contributed by atoms with Crippen LogP contribution in [-0.2, 0) is 0 Å². The van der Waals surface area contributed by atoms with Crippen LogP contribution in [0.25, 0.3) is 11.3 Å². The highest BCUT2D eigenvalue weighted by molar-refractivity contribution is 5.96. The van der Waals surface area contributed by atoms with Crippen molar-refractivity contribution in [3.8, 4) is 11.3 Å². The third-order valence-corrected chi connectivity index (χ3v) is 3.31. The first kappa shape index (κ1) is 11.0. The number of nitrogens with zero attached hydrogens (tertiary/aromatic N) is 1. The van der Waals surface area contributed by atoms with Gasteiger partial charge in [0.1, 0.15) is 17.0 Å². The number of rotatable bonds is 3. The first-order valence-electron chi connectivity index (χ1n) is 5.97. The highest BCUT2D eigenvalue weighted by Gasteiger charge is 2.29. The van der Waals surface area contributed by atoms with Crippen molar-refractivity contribution >= 4 is 5.97 Å². The van der Waals surface area contributed by atoms with Crippen LogP contribution >= 0.6 is 0 Å². The molecule has 0 aliphatic heterocycles. The van der Waals surface area contributed by atoms with Gasteiger partial charge >= 0.3 is 5.97 Å². The van der Waals surface area contributed by atoms with Crippen molar-refractivity contribution in [2.45, 2.75) is 25.7 Å². The average Bonchev–Trinajstić information content (AvgIpc) is 3.12. The van der Waals surface area contributed by atoms with Crippen LogP contribution in [-0.4, -0.2) is 16.2 Å². The van der Waals surface area contributed by atoms with Gasteiger partial charge in [0.15, 0.2) is 0 Å². The Morgan fingerprint density at radius 2 is 2.11 bits per heavy atom. The predicted octanol–water partition coefficient (Wildman–Crippen LogP) is 3.23. The second kappa shape index (κ2) is 3.98. The molecule has 1 aliphatic carbocycles. The standard InChI is InChI=1S/C14H13NO3/c1-8-12(14(16)17)13(15-18-8)11-5-3-2-4-10(11)9-6-7-9/h2-5,9H,6-7H2,1H3,(H,16,17). The molecule has 1 aromatic heterocycles. The highest BCUT2D eigenvalue weighted by atomic mass is 16.5. The third-order valence-electron chi connectivity index (χ3n) is 3.31. The van der Waals surface area contributed by atoms with Gasteiger partial charge in [0.2, 0.25) is 0 Å². The summed E-state index contributed by atoms with van der Waals surface area (Å²) in [6, 6.07) is 7.83. The number of benzene rings is 1. The Labute approximate surface area is 104 Å². The molecule has 4 nitrogen and oxygen atoms in total. The Hall–Kier alpha value is -2.10. The number of carboxylic acids is 1. The summed E-state index contributed by atoms with van der Waals surface area (Å²) in [5, 5.41) is 13.2. The Kier molecular flexibility index (Phi) is 2.44. The second-order valence-electron chi connectivity index (χ2n) is 4.63. The topological polar surface area (TPSA) is 63.3 Å². The maximum Gasteiger partial charge on any atom is 0.341 e. The van der Waals surface area contributed by atoms with Crippen molar-refractivity contribution in [3.05, 3.63) is 41.2 Å². The smallest absolute Gasteiger partial charge is 0.341 e. The van der Waals surface area contributed by atoms with Gasteiger partial charge in [0.05, 0.1) is 0 Å². The Bertz CT molecular complexity index is 611. The number of aromatic carboxylic acids is 1. The molecule has 1 heterocycles. The van der Waals surface area contributed by atoms with E-state index in [0.717, 1.165) is 18.4 Å². The molecule has 2 aromatic rings. The van der Waals surface area contributed by atoms with Crippen LogP contribution < -0.4 is 0 Å². The SMILES string of the molecule is Cc1onc(-c2ccccc2C2CC2)c1C(=O)O. The summed E-state index contributed by atoms with van der Waals surface area (Å²) in [5.74, 6) is -0.0997. The third kappa shape index (κ3) is 1.70. The first-order valence-corrected chi connectivity index (χ1v) is 5.97. The normalized spacial score (nSPS) is 14.7. The number of hydrogen-bond donors (Lipinski definition) is 1. The van der Waals surface area contributed by atoms with Gasteiger partial charge < -0.3 is 9.63 Å². The summed E-state index contributed by atoms with van der Waals surface area (Å²) in [6.07, 6.45) is 2.33. The van der Waals surface area contributed by atoms with Crippen LogP contribution in [0.4, 0.5) is 0 Å². The van der Waals surface area contributed by atoms with Crippen molar-refractivity contribution < 1.29 is 14.4 Å². The van der Waals surface area contributed by atoms with E-state index in [1.165, 1.54) is 5.56 Å². The van der Waals surface area contributed by atoms with Crippen LogP contribution in [0.5, 0.6) is 0 Å². The summed E-state index contributed by atoms with van der Waals surface area (Å²) in [6.45, 7) is 1.62. The fourth-order valence-corrected chi connectivity index (χ4v) is 2.27. The summed E-state index contributed by atoms with van der Waals surface area (Å²) in [4.78, 5) is 11.3. The number of hydrogen-bond acceptors (Lipinski definition) is 3. The number of aryl methyl sites for hydroxylation is 1. The molecule has 0 atom stereocenters. The fourth-order valence-electron chi connectivity index (χ4n) is 2.27. The zero-order chi connectivity index (χ0) is 12.7. The van der Waals surface area contributed by atoms with Crippen molar-refractivity contribution in [1.29, 1.82) is 0 Å². The van der Waals surface area contributed by atoms with E-state index in [1.807, 2.05) is 24.3 Å². The van der Waals surface area contributed by atoms with E-state index in [4.69, 9.17) is 4.52 Å². The van der Waals surface area contributed by atoms with E-state index in [-0.39, 0.29) is 5.56 Å². The molecule has 18 heavy (non-hydrogen) atoms. The van der Waals surface area contributed by atoms with Gasteiger partial charge in [-0.1, -0.05) is 29.4 Å². The van der Waals surface area contributed by atoms with Crippen LogP contribution in [0.1, 0.15) is 40.4 Å². The summed E-state index contributed by atoms with van der Waals surface area (Å²) in [5.41, 5.74) is 2.67. The molecule has 1 fully saturated rings. The van der Waals surface area contributed by atoms with Gasteiger partial charge in [-0.25, -0.2) is 4.79 Å². The lowest BCUT2D eigenvalue weighted by Crippen LogP contribution is -2.00. The first-order chi connectivity index (χ1) is 8.68. The largest absolute Gasteiger partial charge is 0.477 e. The van der Waals surface area contributed by atoms with Crippen molar-refractivity contribution in [1.82, 2.24) is 5.16 Å². The molecule has 4 heteroatoms. The number of aromatic nitrogens is 1. The molecule has 3 rings (SSSR count). The lowest BCUT2D eigenvalue weighted by Gasteiger charge is -2.06. The minimum Gasteiger partial charge on any atom is -0.477 e. The molecule has 1 N–H and O–H groups in total. The quantitative estimate of drug-likeness (QED) is 0.898. The van der Waals surface area contributed by atoms with Crippen LogP contribution in [0, 0.1) is 6.92 Å². The Balaban J connectivity index is 2.18. The molecule has 0 unspecified atom stereocenters. The Morgan fingerprint density at radius 1 is 1.39 bits per heavy atom. The van der Waals surface area contributed by atoms with Gasteiger partial charge in [-0.2, -0.15) is 0 Å². The molecule has 1 aromatic carbocycles.